The Labute approximate surface area is 176 Å². The maximum absolute atomic E-state index is 13.1. The Kier molecular flexibility index (Phi) is 6.14. The van der Waals surface area contributed by atoms with Crippen molar-refractivity contribution in [2.24, 2.45) is 0 Å². The quantitative estimate of drug-likeness (QED) is 0.732. The van der Waals surface area contributed by atoms with Crippen molar-refractivity contribution in [3.63, 3.8) is 0 Å². The number of benzene rings is 2. The number of hydrogen-bond donors (Lipinski definition) is 2. The molecule has 1 atom stereocenters. The van der Waals surface area contributed by atoms with Crippen LogP contribution in [0, 0.1) is 13.8 Å². The first-order valence-corrected chi connectivity index (χ1v) is 11.0. The number of anilines is 2. The number of sulfonamides is 1. The molecule has 0 radical (unpaired) electrons. The van der Waals surface area contributed by atoms with Gasteiger partial charge in [0.1, 0.15) is 5.75 Å². The van der Waals surface area contributed by atoms with Crippen LogP contribution in [0.25, 0.3) is 0 Å². The molecule has 1 heterocycles. The van der Waals surface area contributed by atoms with Gasteiger partial charge in [0, 0.05) is 18.8 Å². The van der Waals surface area contributed by atoms with Gasteiger partial charge in [0.15, 0.2) is 6.10 Å². The lowest BCUT2D eigenvalue weighted by atomic mass is 10.1. The Balaban J connectivity index is 1.82. The van der Waals surface area contributed by atoms with Crippen LogP contribution in [0.1, 0.15) is 24.5 Å². The highest BCUT2D eigenvalue weighted by atomic mass is 32.2. The SMILES string of the molecule is CCC1Oc2cc(S(=O)(=O)N(C)CC(=O)Nc3ccccc3C)c(C)cc2NC1=O. The highest BCUT2D eigenvalue weighted by molar-refractivity contribution is 7.89. The second kappa shape index (κ2) is 8.45. The lowest BCUT2D eigenvalue weighted by molar-refractivity contribution is -0.123. The van der Waals surface area contributed by atoms with Crippen molar-refractivity contribution in [2.45, 2.75) is 38.2 Å². The molecule has 9 heteroatoms. The fraction of sp³-hybridized carbons (Fsp3) is 0.333. The number of likely N-dealkylation sites (N-methyl/N-ethyl adjacent to an activating group) is 1. The zero-order valence-electron chi connectivity index (χ0n) is 17.4. The molecule has 2 aromatic carbocycles. The fourth-order valence-corrected chi connectivity index (χ4v) is 4.53. The summed E-state index contributed by atoms with van der Waals surface area (Å²) in [6.45, 7) is 4.95. The van der Waals surface area contributed by atoms with E-state index in [1.165, 1.54) is 13.1 Å². The van der Waals surface area contributed by atoms with Gasteiger partial charge in [-0.3, -0.25) is 9.59 Å². The molecule has 0 fully saturated rings. The standard InChI is InChI=1S/C21H25N3O5S/c1-5-17-21(26)23-16-10-14(3)19(11-18(16)29-17)30(27,28)24(4)12-20(25)22-15-9-7-6-8-13(15)2/h6-11,17H,5,12H2,1-4H3,(H,22,25)(H,23,26). The number of rotatable bonds is 6. The van der Waals surface area contributed by atoms with E-state index < -0.39 is 22.0 Å². The molecule has 1 aliphatic rings. The predicted molar refractivity (Wildman–Crippen MR) is 114 cm³/mol. The number of nitrogens with one attached hydrogen (secondary N) is 2. The molecule has 3 rings (SSSR count). The number of nitrogens with zero attached hydrogens (tertiary/aromatic N) is 1. The van der Waals surface area contributed by atoms with Gasteiger partial charge < -0.3 is 15.4 Å². The van der Waals surface area contributed by atoms with E-state index >= 15 is 0 Å². The van der Waals surface area contributed by atoms with E-state index in [1.54, 1.807) is 25.1 Å². The summed E-state index contributed by atoms with van der Waals surface area (Å²) in [7, 11) is -2.61. The summed E-state index contributed by atoms with van der Waals surface area (Å²) in [5.41, 5.74) is 2.39. The Hall–Kier alpha value is -2.91. The molecule has 0 spiro atoms. The zero-order valence-corrected chi connectivity index (χ0v) is 18.2. The van der Waals surface area contributed by atoms with Crippen molar-refractivity contribution >= 4 is 33.2 Å². The Morgan fingerprint density at radius 3 is 2.57 bits per heavy atom. The van der Waals surface area contributed by atoms with E-state index in [9.17, 15) is 18.0 Å². The number of hydrogen-bond acceptors (Lipinski definition) is 5. The molecule has 0 bridgehead atoms. The number of amides is 2. The largest absolute Gasteiger partial charge is 0.478 e. The van der Waals surface area contributed by atoms with Crippen molar-refractivity contribution in [2.75, 3.05) is 24.2 Å². The molecule has 2 aromatic rings. The van der Waals surface area contributed by atoms with Gasteiger partial charge in [0.25, 0.3) is 5.91 Å². The van der Waals surface area contributed by atoms with E-state index in [2.05, 4.69) is 10.6 Å². The highest BCUT2D eigenvalue weighted by Gasteiger charge is 2.31. The topological polar surface area (TPSA) is 105 Å². The lowest BCUT2D eigenvalue weighted by Crippen LogP contribution is -2.37. The molecule has 0 aliphatic carbocycles. The maximum Gasteiger partial charge on any atom is 0.265 e. The molecular weight excluding hydrogens is 406 g/mol. The van der Waals surface area contributed by atoms with Crippen LogP contribution < -0.4 is 15.4 Å². The van der Waals surface area contributed by atoms with E-state index in [0.29, 0.717) is 29.1 Å². The van der Waals surface area contributed by atoms with Gasteiger partial charge in [0.05, 0.1) is 17.1 Å². The average molecular weight is 432 g/mol. The third-order valence-corrected chi connectivity index (χ3v) is 6.89. The number of carbonyl (C=O) groups excluding carboxylic acids is 2. The first-order chi connectivity index (χ1) is 14.1. The van der Waals surface area contributed by atoms with Gasteiger partial charge in [0.2, 0.25) is 15.9 Å². The van der Waals surface area contributed by atoms with Crippen LogP contribution in [0.15, 0.2) is 41.3 Å². The second-order valence-electron chi connectivity index (χ2n) is 7.24. The van der Waals surface area contributed by atoms with Crippen molar-refractivity contribution in [3.8, 4) is 5.75 Å². The minimum absolute atomic E-state index is 0.0263. The van der Waals surface area contributed by atoms with E-state index in [0.717, 1.165) is 9.87 Å². The summed E-state index contributed by atoms with van der Waals surface area (Å²) in [5.74, 6) is -0.408. The maximum atomic E-state index is 13.1. The van der Waals surface area contributed by atoms with E-state index in [4.69, 9.17) is 4.74 Å². The second-order valence-corrected chi connectivity index (χ2v) is 9.26. The zero-order chi connectivity index (χ0) is 22.1. The van der Waals surface area contributed by atoms with Gasteiger partial charge in [-0.2, -0.15) is 4.31 Å². The molecule has 160 valence electrons. The normalized spacial score (nSPS) is 15.9. The Morgan fingerprint density at radius 2 is 1.90 bits per heavy atom. The van der Waals surface area contributed by atoms with Gasteiger partial charge >= 0.3 is 0 Å². The Bertz CT molecular complexity index is 1100. The average Bonchev–Trinajstić information content (AvgIpc) is 2.68. The van der Waals surface area contributed by atoms with Gasteiger partial charge in [-0.1, -0.05) is 25.1 Å². The van der Waals surface area contributed by atoms with Crippen LogP contribution in [-0.2, 0) is 19.6 Å². The summed E-state index contributed by atoms with van der Waals surface area (Å²) >= 11 is 0. The fourth-order valence-electron chi connectivity index (χ4n) is 3.19. The van der Waals surface area contributed by atoms with E-state index in [-0.39, 0.29) is 17.3 Å². The first-order valence-electron chi connectivity index (χ1n) is 9.57. The first kappa shape index (κ1) is 21.8. The molecule has 0 saturated carbocycles. The molecule has 1 aliphatic heterocycles. The summed E-state index contributed by atoms with van der Waals surface area (Å²) in [4.78, 5) is 24.4. The van der Waals surface area contributed by atoms with Crippen LogP contribution in [0.5, 0.6) is 5.75 Å². The third kappa shape index (κ3) is 4.31. The summed E-state index contributed by atoms with van der Waals surface area (Å²) in [6.07, 6.45) is -0.214. The van der Waals surface area contributed by atoms with Crippen molar-refractivity contribution in [1.29, 1.82) is 0 Å². The minimum atomic E-state index is -3.96. The highest BCUT2D eigenvalue weighted by Crippen LogP contribution is 2.35. The van der Waals surface area contributed by atoms with Crippen molar-refractivity contribution in [1.82, 2.24) is 4.31 Å². The minimum Gasteiger partial charge on any atom is -0.478 e. The number of carbonyl (C=O) groups is 2. The monoisotopic (exact) mass is 431 g/mol. The third-order valence-electron chi connectivity index (χ3n) is 4.94. The van der Waals surface area contributed by atoms with Crippen LogP contribution in [0.2, 0.25) is 0 Å². The molecular formula is C21H25N3O5S. The van der Waals surface area contributed by atoms with Gasteiger partial charge in [-0.05, 0) is 43.5 Å². The number of aryl methyl sites for hydroxylation is 2. The van der Waals surface area contributed by atoms with E-state index in [1.807, 2.05) is 26.0 Å². The molecule has 8 nitrogen and oxygen atoms in total. The number of ether oxygens (including phenoxy) is 1. The molecule has 2 amide bonds. The van der Waals surface area contributed by atoms with Crippen LogP contribution in [0.4, 0.5) is 11.4 Å². The smallest absolute Gasteiger partial charge is 0.265 e. The number of para-hydroxylation sites is 1. The summed E-state index contributed by atoms with van der Waals surface area (Å²) in [5, 5.41) is 5.47. The Morgan fingerprint density at radius 1 is 1.20 bits per heavy atom. The molecule has 0 saturated heterocycles. The van der Waals surface area contributed by atoms with Crippen LogP contribution in [0.3, 0.4) is 0 Å². The van der Waals surface area contributed by atoms with Crippen molar-refractivity contribution < 1.29 is 22.7 Å². The molecule has 1 unspecified atom stereocenters. The molecule has 2 N–H and O–H groups in total. The van der Waals surface area contributed by atoms with Gasteiger partial charge in [-0.15, -0.1) is 0 Å². The van der Waals surface area contributed by atoms with Crippen molar-refractivity contribution in [3.05, 3.63) is 47.5 Å². The molecule has 30 heavy (non-hydrogen) atoms. The number of fused-ring (bicyclic) bond motifs is 1. The predicted octanol–water partition coefficient (Wildman–Crippen LogP) is 2.67. The van der Waals surface area contributed by atoms with Gasteiger partial charge in [-0.25, -0.2) is 8.42 Å². The van der Waals surface area contributed by atoms with Crippen LogP contribution in [-0.4, -0.2) is 44.2 Å². The lowest BCUT2D eigenvalue weighted by Gasteiger charge is -2.27. The van der Waals surface area contributed by atoms with Crippen LogP contribution >= 0.6 is 0 Å². The summed E-state index contributed by atoms with van der Waals surface area (Å²) in [6, 6.07) is 10.2. The molecule has 0 aromatic heterocycles. The summed E-state index contributed by atoms with van der Waals surface area (Å²) < 4.78 is 32.9.